The first-order valence-electron chi connectivity index (χ1n) is 10.1. The Morgan fingerprint density at radius 1 is 1.28 bits per heavy atom. The molecule has 0 bridgehead atoms. The van der Waals surface area contributed by atoms with Gasteiger partial charge in [-0.3, -0.25) is 9.80 Å². The Morgan fingerprint density at radius 3 is 2.59 bits per heavy atom. The van der Waals surface area contributed by atoms with Crippen molar-refractivity contribution in [3.8, 4) is 0 Å². The summed E-state index contributed by atoms with van der Waals surface area (Å²) in [5.41, 5.74) is 1.95. The van der Waals surface area contributed by atoms with Crippen LogP contribution in [0.25, 0.3) is 0 Å². The highest BCUT2D eigenvalue weighted by Gasteiger charge is 2.38. The standard InChI is InChI=1S/C22H28ClN3O3/c1-3-12-26-18(15-25-13-6-5-7-14-25)19(21(27)29-4-2)20(24-22(26)28)16-8-10-17(23)11-9-16/h3,8-11,20H,1,4-7,12-15H2,2H3,(H,24,28)/t20-/m0/s1. The van der Waals surface area contributed by atoms with Gasteiger partial charge in [0, 0.05) is 23.8 Å². The van der Waals surface area contributed by atoms with Crippen LogP contribution in [0.5, 0.6) is 0 Å². The van der Waals surface area contributed by atoms with Gasteiger partial charge in [-0.2, -0.15) is 0 Å². The van der Waals surface area contributed by atoms with E-state index < -0.39 is 12.0 Å². The van der Waals surface area contributed by atoms with Crippen LogP contribution in [-0.4, -0.2) is 54.6 Å². The van der Waals surface area contributed by atoms with Crippen LogP contribution in [0.15, 0.2) is 48.2 Å². The normalized spacial score (nSPS) is 20.4. The van der Waals surface area contributed by atoms with E-state index in [0.717, 1.165) is 31.5 Å². The van der Waals surface area contributed by atoms with E-state index in [1.54, 1.807) is 30.0 Å². The van der Waals surface area contributed by atoms with Crippen molar-refractivity contribution in [2.45, 2.75) is 32.2 Å². The van der Waals surface area contributed by atoms with Crippen LogP contribution in [-0.2, 0) is 9.53 Å². The zero-order chi connectivity index (χ0) is 20.8. The Hall–Kier alpha value is -2.31. The van der Waals surface area contributed by atoms with Gasteiger partial charge in [-0.25, -0.2) is 9.59 Å². The number of benzene rings is 1. The summed E-state index contributed by atoms with van der Waals surface area (Å²) < 4.78 is 5.39. The Morgan fingerprint density at radius 2 is 1.97 bits per heavy atom. The molecule has 1 N–H and O–H groups in total. The SMILES string of the molecule is C=CCN1C(=O)N[C@@H](c2ccc(Cl)cc2)C(C(=O)OCC)=C1CN1CCCCC1. The molecular formula is C22H28ClN3O3. The number of esters is 1. The third-order valence-electron chi connectivity index (χ3n) is 5.27. The lowest BCUT2D eigenvalue weighted by molar-refractivity contribution is -0.139. The van der Waals surface area contributed by atoms with Gasteiger partial charge >= 0.3 is 12.0 Å². The molecule has 156 valence electrons. The highest BCUT2D eigenvalue weighted by Crippen LogP contribution is 2.33. The molecule has 3 rings (SSSR count). The molecule has 0 saturated carbocycles. The van der Waals surface area contributed by atoms with Crippen molar-refractivity contribution in [3.63, 3.8) is 0 Å². The fourth-order valence-electron chi connectivity index (χ4n) is 3.88. The average Bonchev–Trinajstić information content (AvgIpc) is 2.72. The van der Waals surface area contributed by atoms with Gasteiger partial charge in [0.25, 0.3) is 0 Å². The number of nitrogens with zero attached hydrogens (tertiary/aromatic N) is 2. The molecule has 1 saturated heterocycles. The zero-order valence-electron chi connectivity index (χ0n) is 16.8. The molecule has 1 aromatic carbocycles. The second-order valence-corrected chi connectivity index (χ2v) is 7.69. The first-order valence-corrected chi connectivity index (χ1v) is 10.5. The van der Waals surface area contributed by atoms with Crippen LogP contribution in [0.4, 0.5) is 4.79 Å². The molecule has 0 radical (unpaired) electrons. The van der Waals surface area contributed by atoms with E-state index in [9.17, 15) is 9.59 Å². The van der Waals surface area contributed by atoms with E-state index >= 15 is 0 Å². The van der Waals surface area contributed by atoms with Crippen LogP contribution in [0.3, 0.4) is 0 Å². The van der Waals surface area contributed by atoms with E-state index in [0.29, 0.717) is 29.4 Å². The number of hydrogen-bond donors (Lipinski definition) is 1. The largest absolute Gasteiger partial charge is 0.463 e. The summed E-state index contributed by atoms with van der Waals surface area (Å²) in [5.74, 6) is -0.409. The lowest BCUT2D eigenvalue weighted by Crippen LogP contribution is -2.51. The highest BCUT2D eigenvalue weighted by atomic mass is 35.5. The van der Waals surface area contributed by atoms with Crippen molar-refractivity contribution >= 4 is 23.6 Å². The maximum absolute atomic E-state index is 13.0. The number of urea groups is 1. The summed E-state index contributed by atoms with van der Waals surface area (Å²) in [6.45, 7) is 8.58. The van der Waals surface area contributed by atoms with Crippen molar-refractivity contribution < 1.29 is 14.3 Å². The number of piperidine rings is 1. The first-order chi connectivity index (χ1) is 14.0. The Labute approximate surface area is 177 Å². The van der Waals surface area contributed by atoms with Gasteiger partial charge in [0.1, 0.15) is 0 Å². The summed E-state index contributed by atoms with van der Waals surface area (Å²) in [5, 5.41) is 3.56. The molecule has 7 heteroatoms. The highest BCUT2D eigenvalue weighted by molar-refractivity contribution is 6.30. The van der Waals surface area contributed by atoms with E-state index in [-0.39, 0.29) is 12.6 Å². The molecule has 2 amide bonds. The second kappa shape index (κ2) is 9.94. The summed E-state index contributed by atoms with van der Waals surface area (Å²) >= 11 is 6.03. The average molecular weight is 418 g/mol. The van der Waals surface area contributed by atoms with Crippen LogP contribution in [0.2, 0.25) is 5.02 Å². The molecule has 0 spiro atoms. The van der Waals surface area contributed by atoms with Gasteiger partial charge in [-0.05, 0) is 50.6 Å². The number of rotatable bonds is 7. The monoisotopic (exact) mass is 417 g/mol. The number of hydrogen-bond acceptors (Lipinski definition) is 4. The number of halogens is 1. The van der Waals surface area contributed by atoms with E-state index in [1.807, 2.05) is 12.1 Å². The number of carbonyl (C=O) groups excluding carboxylic acids is 2. The molecule has 1 aromatic rings. The van der Waals surface area contributed by atoms with Crippen molar-refractivity contribution in [2.24, 2.45) is 0 Å². The summed E-state index contributed by atoms with van der Waals surface area (Å²) in [7, 11) is 0. The Balaban J connectivity index is 2.08. The molecule has 0 unspecified atom stereocenters. The van der Waals surface area contributed by atoms with Gasteiger partial charge in [-0.15, -0.1) is 6.58 Å². The lowest BCUT2D eigenvalue weighted by Gasteiger charge is -2.39. The van der Waals surface area contributed by atoms with Gasteiger partial charge in [0.2, 0.25) is 0 Å². The minimum absolute atomic E-state index is 0.245. The lowest BCUT2D eigenvalue weighted by atomic mass is 9.94. The fraction of sp³-hybridized carbons (Fsp3) is 0.455. The number of likely N-dealkylation sites (tertiary alicyclic amines) is 1. The smallest absolute Gasteiger partial charge is 0.338 e. The van der Waals surface area contributed by atoms with Crippen LogP contribution in [0.1, 0.15) is 37.8 Å². The number of nitrogens with one attached hydrogen (secondary N) is 1. The second-order valence-electron chi connectivity index (χ2n) is 7.25. The van der Waals surface area contributed by atoms with Crippen molar-refractivity contribution in [1.82, 2.24) is 15.1 Å². The minimum atomic E-state index is -0.584. The van der Waals surface area contributed by atoms with Crippen LogP contribution >= 0.6 is 11.6 Å². The maximum atomic E-state index is 13.0. The fourth-order valence-corrected chi connectivity index (χ4v) is 4.01. The van der Waals surface area contributed by atoms with Gasteiger partial charge in [-0.1, -0.05) is 36.2 Å². The van der Waals surface area contributed by atoms with Gasteiger partial charge < -0.3 is 10.1 Å². The molecular weight excluding hydrogens is 390 g/mol. The Kier molecular flexibility index (Phi) is 7.34. The molecule has 29 heavy (non-hydrogen) atoms. The van der Waals surface area contributed by atoms with Crippen molar-refractivity contribution in [3.05, 3.63) is 58.8 Å². The third-order valence-corrected chi connectivity index (χ3v) is 5.52. The number of carbonyl (C=O) groups is 2. The molecule has 2 aliphatic rings. The van der Waals surface area contributed by atoms with E-state index in [4.69, 9.17) is 16.3 Å². The van der Waals surface area contributed by atoms with Crippen molar-refractivity contribution in [1.29, 1.82) is 0 Å². The number of amides is 2. The summed E-state index contributed by atoms with van der Waals surface area (Å²) in [6.07, 6.45) is 5.12. The zero-order valence-corrected chi connectivity index (χ0v) is 17.6. The third kappa shape index (κ3) is 5.00. The summed E-state index contributed by atoms with van der Waals surface area (Å²) in [4.78, 5) is 29.9. The molecule has 0 aliphatic carbocycles. The predicted octanol–water partition coefficient (Wildman–Crippen LogP) is 3.90. The van der Waals surface area contributed by atoms with Crippen molar-refractivity contribution in [2.75, 3.05) is 32.8 Å². The quantitative estimate of drug-likeness (QED) is 0.540. The molecule has 1 atom stereocenters. The van der Waals surface area contributed by atoms with Crippen LogP contribution in [0, 0.1) is 0 Å². The first kappa shape index (κ1) is 21.4. The van der Waals surface area contributed by atoms with E-state index in [1.165, 1.54) is 6.42 Å². The Bertz CT molecular complexity index is 785. The molecule has 6 nitrogen and oxygen atoms in total. The molecule has 2 heterocycles. The maximum Gasteiger partial charge on any atom is 0.338 e. The van der Waals surface area contributed by atoms with E-state index in [2.05, 4.69) is 16.8 Å². The molecule has 2 aliphatic heterocycles. The predicted molar refractivity (Wildman–Crippen MR) is 114 cm³/mol. The molecule has 1 fully saturated rings. The van der Waals surface area contributed by atoms with Gasteiger partial charge in [0.15, 0.2) is 0 Å². The topological polar surface area (TPSA) is 61.9 Å². The number of ether oxygens (including phenoxy) is 1. The summed E-state index contributed by atoms with van der Waals surface area (Å²) in [6, 6.07) is 6.34. The van der Waals surface area contributed by atoms with Crippen LogP contribution < -0.4 is 5.32 Å². The van der Waals surface area contributed by atoms with Gasteiger partial charge in [0.05, 0.1) is 18.2 Å². The molecule has 0 aromatic heterocycles. The minimum Gasteiger partial charge on any atom is -0.463 e.